The molecule has 1 saturated carbocycles. The van der Waals surface area contributed by atoms with E-state index in [9.17, 15) is 9.59 Å². The van der Waals surface area contributed by atoms with E-state index in [0.717, 1.165) is 24.6 Å². The minimum atomic E-state index is -0.121. The van der Waals surface area contributed by atoms with Crippen molar-refractivity contribution in [1.82, 2.24) is 4.90 Å². The van der Waals surface area contributed by atoms with E-state index in [2.05, 4.69) is 0 Å². The highest BCUT2D eigenvalue weighted by atomic mass is 16.5. The molecule has 1 spiro atoms. The maximum atomic E-state index is 12.8. The second kappa shape index (κ2) is 5.79. The molecule has 1 saturated heterocycles. The zero-order chi connectivity index (χ0) is 17.6. The van der Waals surface area contributed by atoms with Gasteiger partial charge in [-0.1, -0.05) is 12.1 Å². The maximum absolute atomic E-state index is 12.8. The van der Waals surface area contributed by atoms with Crippen LogP contribution >= 0.6 is 0 Å². The fourth-order valence-electron chi connectivity index (χ4n) is 3.99. The van der Waals surface area contributed by atoms with Crippen molar-refractivity contribution in [3.8, 4) is 5.75 Å². The van der Waals surface area contributed by atoms with E-state index in [-0.39, 0.29) is 23.2 Å². The van der Waals surface area contributed by atoms with Crippen LogP contribution in [0.25, 0.3) is 11.0 Å². The molecule has 2 aliphatic rings. The number of rotatable bonds is 3. The summed E-state index contributed by atoms with van der Waals surface area (Å²) in [5.41, 5.74) is 0.635. The molecule has 4 rings (SSSR count). The lowest BCUT2D eigenvalue weighted by Crippen LogP contribution is -2.39. The molecule has 2 heterocycles. The Labute approximate surface area is 145 Å². The van der Waals surface area contributed by atoms with E-state index < -0.39 is 0 Å². The first-order chi connectivity index (χ1) is 12.1. The molecule has 2 fully saturated rings. The van der Waals surface area contributed by atoms with Gasteiger partial charge in [0.25, 0.3) is 5.91 Å². The molecule has 0 bridgehead atoms. The van der Waals surface area contributed by atoms with E-state index >= 15 is 0 Å². The molecule has 1 amide bonds. The lowest BCUT2D eigenvalue weighted by molar-refractivity contribution is -0.143. The second-order valence-corrected chi connectivity index (χ2v) is 6.92. The second-order valence-electron chi connectivity index (χ2n) is 6.92. The lowest BCUT2D eigenvalue weighted by Gasteiger charge is -2.32. The molecule has 2 aromatic rings. The minimum Gasteiger partial charge on any atom is -0.493 e. The summed E-state index contributed by atoms with van der Waals surface area (Å²) < 4.78 is 15.9. The molecule has 132 valence electrons. The molecule has 1 unspecified atom stereocenters. The number of hydrogen-bond acceptors (Lipinski definition) is 5. The van der Waals surface area contributed by atoms with Gasteiger partial charge in [0.1, 0.15) is 0 Å². The zero-order valence-electron chi connectivity index (χ0n) is 14.4. The Kier molecular flexibility index (Phi) is 3.71. The summed E-state index contributed by atoms with van der Waals surface area (Å²) in [5.74, 6) is 0.724. The third-order valence-corrected chi connectivity index (χ3v) is 5.66. The number of nitrogens with zero attached hydrogens (tertiary/aromatic N) is 1. The highest BCUT2D eigenvalue weighted by Gasteiger charge is 2.59. The number of carbonyl (C=O) groups is 2. The highest BCUT2D eigenvalue weighted by Crippen LogP contribution is 2.59. The highest BCUT2D eigenvalue weighted by molar-refractivity contribution is 5.97. The first-order valence-corrected chi connectivity index (χ1v) is 8.51. The Hall–Kier alpha value is -2.50. The largest absolute Gasteiger partial charge is 0.493 e. The Balaban J connectivity index is 1.47. The van der Waals surface area contributed by atoms with Gasteiger partial charge in [0.15, 0.2) is 17.1 Å². The molecule has 1 aliphatic carbocycles. The third-order valence-electron chi connectivity index (χ3n) is 5.66. The van der Waals surface area contributed by atoms with E-state index in [0.29, 0.717) is 30.2 Å². The van der Waals surface area contributed by atoms with Gasteiger partial charge in [-0.15, -0.1) is 0 Å². The fraction of sp³-hybridized carbons (Fsp3) is 0.474. The van der Waals surface area contributed by atoms with Gasteiger partial charge in [0.05, 0.1) is 20.1 Å². The topological polar surface area (TPSA) is 69.0 Å². The maximum Gasteiger partial charge on any atom is 0.309 e. The molecule has 6 nitrogen and oxygen atoms in total. The Morgan fingerprint density at radius 2 is 2.00 bits per heavy atom. The van der Waals surface area contributed by atoms with Crippen molar-refractivity contribution in [2.45, 2.75) is 19.3 Å². The SMILES string of the molecule is COC(=O)C1CC12CCN(C(=O)c1cc3cccc(OC)c3o1)CC2. The Morgan fingerprint density at radius 1 is 1.24 bits per heavy atom. The summed E-state index contributed by atoms with van der Waals surface area (Å²) in [6.07, 6.45) is 2.55. The van der Waals surface area contributed by atoms with Gasteiger partial charge in [-0.3, -0.25) is 9.59 Å². The van der Waals surface area contributed by atoms with Crippen molar-refractivity contribution in [3.63, 3.8) is 0 Å². The predicted molar refractivity (Wildman–Crippen MR) is 90.5 cm³/mol. The minimum absolute atomic E-state index is 0.00483. The summed E-state index contributed by atoms with van der Waals surface area (Å²) in [7, 11) is 3.01. The molecule has 6 heteroatoms. The van der Waals surface area contributed by atoms with Gasteiger partial charge in [0.2, 0.25) is 0 Å². The normalized spacial score (nSPS) is 21.4. The van der Waals surface area contributed by atoms with Crippen LogP contribution in [-0.2, 0) is 9.53 Å². The van der Waals surface area contributed by atoms with Crippen molar-refractivity contribution < 1.29 is 23.5 Å². The molecule has 1 atom stereocenters. The van der Waals surface area contributed by atoms with Crippen LogP contribution in [0.4, 0.5) is 0 Å². The number of para-hydroxylation sites is 1. The summed E-state index contributed by atoms with van der Waals surface area (Å²) in [5, 5.41) is 0.851. The number of likely N-dealkylation sites (tertiary alicyclic amines) is 1. The predicted octanol–water partition coefficient (Wildman–Crippen LogP) is 2.86. The van der Waals surface area contributed by atoms with E-state index in [4.69, 9.17) is 13.9 Å². The van der Waals surface area contributed by atoms with Crippen molar-refractivity contribution in [2.24, 2.45) is 11.3 Å². The molecule has 1 aromatic carbocycles. The zero-order valence-corrected chi connectivity index (χ0v) is 14.4. The average molecular weight is 343 g/mol. The number of amides is 1. The summed E-state index contributed by atoms with van der Waals surface area (Å²) in [6, 6.07) is 7.34. The van der Waals surface area contributed by atoms with Gasteiger partial charge >= 0.3 is 5.97 Å². The Morgan fingerprint density at radius 3 is 2.68 bits per heavy atom. The van der Waals surface area contributed by atoms with Crippen LogP contribution in [0.2, 0.25) is 0 Å². The number of hydrogen-bond donors (Lipinski definition) is 0. The first kappa shape index (κ1) is 16.0. The summed E-state index contributed by atoms with van der Waals surface area (Å²) >= 11 is 0. The van der Waals surface area contributed by atoms with Crippen LogP contribution in [-0.4, -0.2) is 44.1 Å². The molecular weight excluding hydrogens is 322 g/mol. The number of benzene rings is 1. The first-order valence-electron chi connectivity index (χ1n) is 8.51. The van der Waals surface area contributed by atoms with Crippen LogP contribution < -0.4 is 4.74 Å². The van der Waals surface area contributed by atoms with Gasteiger partial charge in [-0.25, -0.2) is 0 Å². The average Bonchev–Trinajstić information content (AvgIpc) is 3.15. The molecule has 25 heavy (non-hydrogen) atoms. The molecule has 0 N–H and O–H groups in total. The van der Waals surface area contributed by atoms with E-state index in [1.807, 2.05) is 23.1 Å². The lowest BCUT2D eigenvalue weighted by atomic mass is 9.90. The van der Waals surface area contributed by atoms with Crippen LogP contribution in [0.15, 0.2) is 28.7 Å². The summed E-state index contributed by atoms with van der Waals surface area (Å²) in [4.78, 5) is 26.3. The fourth-order valence-corrected chi connectivity index (χ4v) is 3.99. The van der Waals surface area contributed by atoms with Crippen molar-refractivity contribution >= 4 is 22.8 Å². The number of piperidine rings is 1. The molecular formula is C19H21NO5. The smallest absolute Gasteiger partial charge is 0.309 e. The van der Waals surface area contributed by atoms with Crippen molar-refractivity contribution in [3.05, 3.63) is 30.0 Å². The number of carbonyl (C=O) groups excluding carboxylic acids is 2. The number of ether oxygens (including phenoxy) is 2. The van der Waals surface area contributed by atoms with E-state index in [1.165, 1.54) is 7.11 Å². The van der Waals surface area contributed by atoms with Gasteiger partial charge in [0, 0.05) is 18.5 Å². The number of esters is 1. The van der Waals surface area contributed by atoms with Gasteiger partial charge < -0.3 is 18.8 Å². The van der Waals surface area contributed by atoms with Gasteiger partial charge in [-0.2, -0.15) is 0 Å². The standard InChI is InChI=1S/C19H21NO5/c1-23-14-5-3-4-12-10-15(25-16(12)14)17(21)20-8-6-19(7-9-20)11-13(19)18(22)24-2/h3-5,10,13H,6-9,11H2,1-2H3. The van der Waals surface area contributed by atoms with Gasteiger partial charge in [-0.05, 0) is 36.8 Å². The number of methoxy groups -OCH3 is 2. The van der Waals surface area contributed by atoms with Crippen LogP contribution in [0.5, 0.6) is 5.75 Å². The van der Waals surface area contributed by atoms with Crippen LogP contribution in [0, 0.1) is 11.3 Å². The number of fused-ring (bicyclic) bond motifs is 1. The summed E-state index contributed by atoms with van der Waals surface area (Å²) in [6.45, 7) is 1.28. The van der Waals surface area contributed by atoms with Crippen molar-refractivity contribution in [1.29, 1.82) is 0 Å². The van der Waals surface area contributed by atoms with Crippen LogP contribution in [0.1, 0.15) is 29.8 Å². The third kappa shape index (κ3) is 2.56. The Bertz CT molecular complexity index is 831. The number of furan rings is 1. The monoisotopic (exact) mass is 343 g/mol. The molecule has 1 aliphatic heterocycles. The van der Waals surface area contributed by atoms with E-state index in [1.54, 1.807) is 13.2 Å². The quantitative estimate of drug-likeness (QED) is 0.802. The molecule has 0 radical (unpaired) electrons. The van der Waals surface area contributed by atoms with Crippen LogP contribution in [0.3, 0.4) is 0 Å². The van der Waals surface area contributed by atoms with Crippen molar-refractivity contribution in [2.75, 3.05) is 27.3 Å². The molecule has 1 aromatic heterocycles.